The first-order valence-electron chi connectivity index (χ1n) is 9.75. The number of carbonyl (C=O) groups is 1. The highest BCUT2D eigenvalue weighted by Gasteiger charge is 2.29. The molecule has 148 valence electrons. The third-order valence-corrected chi connectivity index (χ3v) is 4.47. The highest BCUT2D eigenvalue weighted by Crippen LogP contribution is 2.23. The summed E-state index contributed by atoms with van der Waals surface area (Å²) in [6.07, 6.45) is 8.49. The molecule has 1 N–H and O–H groups in total. The van der Waals surface area contributed by atoms with Gasteiger partial charge in [-0.05, 0) is 19.3 Å². The molecule has 1 heterocycles. The lowest BCUT2D eigenvalue weighted by Crippen LogP contribution is -2.40. The monoisotopic (exact) mass is 359 g/mol. The van der Waals surface area contributed by atoms with Crippen molar-refractivity contribution in [3.8, 4) is 0 Å². The van der Waals surface area contributed by atoms with E-state index in [1.54, 1.807) is 14.2 Å². The van der Waals surface area contributed by atoms with E-state index in [-0.39, 0.29) is 24.4 Å². The van der Waals surface area contributed by atoms with Crippen LogP contribution in [0.2, 0.25) is 0 Å². The second-order valence-corrected chi connectivity index (χ2v) is 6.71. The van der Waals surface area contributed by atoms with E-state index in [1.807, 2.05) is 0 Å². The molecule has 0 radical (unpaired) electrons. The second kappa shape index (κ2) is 14.5. The van der Waals surface area contributed by atoms with E-state index in [0.29, 0.717) is 19.6 Å². The summed E-state index contributed by atoms with van der Waals surface area (Å²) in [4.78, 5) is 11.7. The van der Waals surface area contributed by atoms with E-state index in [4.69, 9.17) is 18.9 Å². The van der Waals surface area contributed by atoms with E-state index >= 15 is 0 Å². The minimum Gasteiger partial charge on any atom is -0.382 e. The maximum atomic E-state index is 11.7. The quantitative estimate of drug-likeness (QED) is 0.483. The number of unbranched alkanes of at least 4 members (excludes halogenated alkanes) is 4. The van der Waals surface area contributed by atoms with E-state index in [9.17, 15) is 4.79 Å². The van der Waals surface area contributed by atoms with Crippen LogP contribution >= 0.6 is 0 Å². The van der Waals surface area contributed by atoms with Gasteiger partial charge in [0, 0.05) is 46.6 Å². The Bertz CT molecular complexity index is 340. The fourth-order valence-corrected chi connectivity index (χ4v) is 2.99. The fourth-order valence-electron chi connectivity index (χ4n) is 2.99. The Kier molecular flexibility index (Phi) is 12.9. The van der Waals surface area contributed by atoms with E-state index < -0.39 is 0 Å². The molecule has 3 unspecified atom stereocenters. The van der Waals surface area contributed by atoms with Crippen LogP contribution in [0.15, 0.2) is 0 Å². The molecule has 1 fully saturated rings. The molecule has 1 aliphatic rings. The van der Waals surface area contributed by atoms with Gasteiger partial charge in [0.15, 0.2) is 6.29 Å². The Morgan fingerprint density at radius 1 is 1.12 bits per heavy atom. The van der Waals surface area contributed by atoms with Crippen LogP contribution in [0.1, 0.15) is 64.7 Å². The van der Waals surface area contributed by atoms with Gasteiger partial charge >= 0.3 is 0 Å². The van der Waals surface area contributed by atoms with Crippen LogP contribution < -0.4 is 5.32 Å². The summed E-state index contributed by atoms with van der Waals surface area (Å²) < 4.78 is 22.3. The lowest BCUT2D eigenvalue weighted by atomic mass is 10.1. The Morgan fingerprint density at radius 2 is 1.96 bits per heavy atom. The van der Waals surface area contributed by atoms with E-state index in [2.05, 4.69) is 12.2 Å². The zero-order chi connectivity index (χ0) is 18.3. The first-order valence-corrected chi connectivity index (χ1v) is 9.75. The summed E-state index contributed by atoms with van der Waals surface area (Å²) in [7, 11) is 3.39. The Labute approximate surface area is 152 Å². The second-order valence-electron chi connectivity index (χ2n) is 6.71. The molecule has 1 aliphatic heterocycles. The summed E-state index contributed by atoms with van der Waals surface area (Å²) in [5.41, 5.74) is 0. The summed E-state index contributed by atoms with van der Waals surface area (Å²) in [6.45, 7) is 4.14. The number of amides is 1. The van der Waals surface area contributed by atoms with E-state index in [1.165, 1.54) is 19.3 Å². The summed E-state index contributed by atoms with van der Waals surface area (Å²) in [5, 5.41) is 2.98. The number of hydrogen-bond donors (Lipinski definition) is 1. The number of methoxy groups -OCH3 is 2. The molecule has 0 aromatic heterocycles. The predicted molar refractivity (Wildman–Crippen MR) is 97.5 cm³/mol. The SMILES string of the molecule is CCCCCCNC(=O)CCCCOC1CC(OC)CC(COC)O1. The van der Waals surface area contributed by atoms with Gasteiger partial charge in [0.2, 0.25) is 5.91 Å². The molecule has 0 aliphatic carbocycles. The standard InChI is InChI=1S/C19H37NO5/c1-4-5-6-8-11-20-18(21)10-7-9-12-24-19-14-16(23-3)13-17(25-19)15-22-2/h16-17,19H,4-15H2,1-3H3,(H,20,21). The van der Waals surface area contributed by atoms with Crippen molar-refractivity contribution < 1.29 is 23.7 Å². The maximum absolute atomic E-state index is 11.7. The molecule has 0 saturated carbocycles. The highest BCUT2D eigenvalue weighted by molar-refractivity contribution is 5.75. The van der Waals surface area contributed by atoms with Crippen LogP contribution in [0.3, 0.4) is 0 Å². The normalized spacial score (nSPS) is 23.6. The van der Waals surface area contributed by atoms with Crippen molar-refractivity contribution in [3.05, 3.63) is 0 Å². The van der Waals surface area contributed by atoms with Gasteiger partial charge in [-0.3, -0.25) is 4.79 Å². The first kappa shape index (κ1) is 22.4. The van der Waals surface area contributed by atoms with Gasteiger partial charge in [-0.15, -0.1) is 0 Å². The number of ether oxygens (including phenoxy) is 4. The van der Waals surface area contributed by atoms with Crippen LogP contribution in [0.5, 0.6) is 0 Å². The fraction of sp³-hybridized carbons (Fsp3) is 0.947. The van der Waals surface area contributed by atoms with Crippen molar-refractivity contribution in [2.75, 3.05) is 34.0 Å². The van der Waals surface area contributed by atoms with Crippen molar-refractivity contribution >= 4 is 5.91 Å². The summed E-state index contributed by atoms with van der Waals surface area (Å²) >= 11 is 0. The van der Waals surface area contributed by atoms with Crippen molar-refractivity contribution in [3.63, 3.8) is 0 Å². The van der Waals surface area contributed by atoms with Crippen LogP contribution in [0.4, 0.5) is 0 Å². The molecular formula is C19H37NO5. The Hall–Kier alpha value is -0.690. The van der Waals surface area contributed by atoms with Gasteiger partial charge in [0.25, 0.3) is 0 Å². The third kappa shape index (κ3) is 10.8. The average Bonchev–Trinajstić information content (AvgIpc) is 2.61. The zero-order valence-electron chi connectivity index (χ0n) is 16.3. The minimum atomic E-state index is -0.244. The van der Waals surface area contributed by atoms with Gasteiger partial charge in [-0.1, -0.05) is 26.2 Å². The van der Waals surface area contributed by atoms with Gasteiger partial charge in [-0.2, -0.15) is 0 Å². The molecule has 3 atom stereocenters. The minimum absolute atomic E-state index is 0.0205. The lowest BCUT2D eigenvalue weighted by Gasteiger charge is -2.34. The van der Waals surface area contributed by atoms with E-state index in [0.717, 1.165) is 38.6 Å². The van der Waals surface area contributed by atoms with Gasteiger partial charge in [-0.25, -0.2) is 0 Å². The zero-order valence-corrected chi connectivity index (χ0v) is 16.3. The van der Waals surface area contributed by atoms with Crippen LogP contribution in [0, 0.1) is 0 Å². The number of hydrogen-bond acceptors (Lipinski definition) is 5. The molecule has 0 spiro atoms. The smallest absolute Gasteiger partial charge is 0.219 e. The van der Waals surface area contributed by atoms with Crippen LogP contribution in [0.25, 0.3) is 0 Å². The highest BCUT2D eigenvalue weighted by atomic mass is 16.7. The molecular weight excluding hydrogens is 322 g/mol. The molecule has 6 heteroatoms. The molecule has 0 aromatic rings. The maximum Gasteiger partial charge on any atom is 0.219 e. The van der Waals surface area contributed by atoms with Crippen LogP contribution in [-0.2, 0) is 23.7 Å². The van der Waals surface area contributed by atoms with Crippen molar-refractivity contribution in [1.29, 1.82) is 0 Å². The number of rotatable bonds is 14. The first-order chi connectivity index (χ1) is 12.2. The average molecular weight is 360 g/mol. The van der Waals surface area contributed by atoms with Crippen molar-refractivity contribution in [2.45, 2.75) is 83.2 Å². The molecule has 1 rings (SSSR count). The third-order valence-electron chi connectivity index (χ3n) is 4.47. The van der Waals surface area contributed by atoms with Crippen molar-refractivity contribution in [1.82, 2.24) is 5.32 Å². The number of nitrogens with one attached hydrogen (secondary N) is 1. The van der Waals surface area contributed by atoms with Crippen molar-refractivity contribution in [2.24, 2.45) is 0 Å². The Balaban J connectivity index is 2.05. The number of carbonyl (C=O) groups excluding carboxylic acids is 1. The van der Waals surface area contributed by atoms with Crippen LogP contribution in [-0.4, -0.2) is 58.4 Å². The lowest BCUT2D eigenvalue weighted by molar-refractivity contribution is -0.226. The van der Waals surface area contributed by atoms with Gasteiger partial charge < -0.3 is 24.3 Å². The summed E-state index contributed by atoms with van der Waals surface area (Å²) in [5.74, 6) is 0.144. The molecule has 6 nitrogen and oxygen atoms in total. The predicted octanol–water partition coefficient (Wildman–Crippen LogP) is 3.04. The van der Waals surface area contributed by atoms with Gasteiger partial charge in [0.1, 0.15) is 0 Å². The largest absolute Gasteiger partial charge is 0.382 e. The molecule has 1 saturated heterocycles. The topological polar surface area (TPSA) is 66.0 Å². The Morgan fingerprint density at radius 3 is 2.68 bits per heavy atom. The summed E-state index contributed by atoms with van der Waals surface area (Å²) in [6, 6.07) is 0. The molecule has 25 heavy (non-hydrogen) atoms. The molecule has 0 aromatic carbocycles. The molecule has 1 amide bonds. The van der Waals surface area contributed by atoms with Gasteiger partial charge in [0.05, 0.1) is 18.8 Å². The molecule has 0 bridgehead atoms.